The largest absolute Gasteiger partial charge is 0.475 e. The summed E-state index contributed by atoms with van der Waals surface area (Å²) in [5.41, 5.74) is 0. The molecule has 0 spiro atoms. The van der Waals surface area contributed by atoms with Crippen molar-refractivity contribution in [2.24, 2.45) is 5.92 Å². The maximum atomic E-state index is 5.77. The number of ether oxygens (including phenoxy) is 2. The number of aromatic nitrogens is 4. The van der Waals surface area contributed by atoms with Crippen LogP contribution in [0.3, 0.4) is 0 Å². The van der Waals surface area contributed by atoms with E-state index in [1.807, 2.05) is 6.07 Å². The van der Waals surface area contributed by atoms with E-state index in [0.29, 0.717) is 30.8 Å². The van der Waals surface area contributed by atoms with Crippen LogP contribution in [-0.2, 0) is 4.74 Å². The third-order valence-corrected chi connectivity index (χ3v) is 4.29. The van der Waals surface area contributed by atoms with Gasteiger partial charge in [-0.3, -0.25) is 0 Å². The summed E-state index contributed by atoms with van der Waals surface area (Å²) in [5, 5.41) is 3.38. The van der Waals surface area contributed by atoms with E-state index in [1.165, 1.54) is 0 Å². The molecule has 1 aliphatic heterocycles. The molecular formula is C18H26N6O2. The summed E-state index contributed by atoms with van der Waals surface area (Å²) in [6, 6.07) is 2.15. The summed E-state index contributed by atoms with van der Waals surface area (Å²) < 4.78 is 11.3. The second kappa shape index (κ2) is 8.75. The number of methoxy groups -OCH3 is 1. The zero-order chi connectivity index (χ0) is 18.4. The summed E-state index contributed by atoms with van der Waals surface area (Å²) in [4.78, 5) is 19.3. The number of nitrogens with one attached hydrogen (secondary N) is 1. The van der Waals surface area contributed by atoms with Crippen LogP contribution in [-0.4, -0.2) is 58.9 Å². The van der Waals surface area contributed by atoms with Gasteiger partial charge in [-0.15, -0.1) is 0 Å². The molecule has 8 nitrogen and oxygen atoms in total. The molecule has 0 bridgehead atoms. The van der Waals surface area contributed by atoms with Crippen LogP contribution in [0, 0.1) is 5.92 Å². The van der Waals surface area contributed by atoms with Crippen LogP contribution in [0.5, 0.6) is 5.88 Å². The van der Waals surface area contributed by atoms with Crippen molar-refractivity contribution < 1.29 is 9.47 Å². The lowest BCUT2D eigenvalue weighted by Gasteiger charge is -2.25. The summed E-state index contributed by atoms with van der Waals surface area (Å²) in [6.45, 7) is 6.31. The van der Waals surface area contributed by atoms with Gasteiger partial charge in [0.15, 0.2) is 5.82 Å². The number of hydrogen-bond acceptors (Lipinski definition) is 8. The van der Waals surface area contributed by atoms with Gasteiger partial charge in [0.1, 0.15) is 12.1 Å². The molecule has 1 aliphatic rings. The molecule has 1 fully saturated rings. The topological polar surface area (TPSA) is 85.3 Å². The molecule has 3 rings (SSSR count). The normalized spacial score (nSPS) is 19.8. The van der Waals surface area contributed by atoms with Crippen LogP contribution in [0.4, 0.5) is 11.6 Å². The SMILES string of the molecule is CO[C@@H]1C[C@H](CNc2nccnc2OCC(C)C)N(c2ccncn2)C1. The van der Waals surface area contributed by atoms with Crippen LogP contribution in [0.25, 0.3) is 0 Å². The molecule has 2 aromatic heterocycles. The van der Waals surface area contributed by atoms with Crippen molar-refractivity contribution in [2.75, 3.05) is 37.0 Å². The van der Waals surface area contributed by atoms with Crippen LogP contribution in [0.2, 0.25) is 0 Å². The highest BCUT2D eigenvalue weighted by atomic mass is 16.5. The fraction of sp³-hybridized carbons (Fsp3) is 0.556. The molecule has 26 heavy (non-hydrogen) atoms. The van der Waals surface area contributed by atoms with Gasteiger partial charge in [-0.25, -0.2) is 19.9 Å². The molecule has 8 heteroatoms. The van der Waals surface area contributed by atoms with Gasteiger partial charge in [-0.2, -0.15) is 0 Å². The van der Waals surface area contributed by atoms with Crippen molar-refractivity contribution in [3.05, 3.63) is 31.0 Å². The van der Waals surface area contributed by atoms with E-state index in [1.54, 1.807) is 32.0 Å². The fourth-order valence-corrected chi connectivity index (χ4v) is 2.98. The third kappa shape index (κ3) is 4.57. The van der Waals surface area contributed by atoms with E-state index in [0.717, 1.165) is 18.8 Å². The van der Waals surface area contributed by atoms with Crippen molar-refractivity contribution >= 4 is 11.6 Å². The minimum atomic E-state index is 0.176. The molecule has 2 atom stereocenters. The minimum absolute atomic E-state index is 0.176. The van der Waals surface area contributed by atoms with E-state index in [-0.39, 0.29) is 12.1 Å². The smallest absolute Gasteiger partial charge is 0.257 e. The van der Waals surface area contributed by atoms with Crippen molar-refractivity contribution in [3.8, 4) is 5.88 Å². The lowest BCUT2D eigenvalue weighted by atomic mass is 10.2. The van der Waals surface area contributed by atoms with Gasteiger partial charge in [-0.1, -0.05) is 13.8 Å². The quantitative estimate of drug-likeness (QED) is 0.767. The average Bonchev–Trinajstić information content (AvgIpc) is 3.09. The molecule has 1 N–H and O–H groups in total. The van der Waals surface area contributed by atoms with Crippen LogP contribution < -0.4 is 15.0 Å². The first-order chi connectivity index (χ1) is 12.7. The molecular weight excluding hydrogens is 332 g/mol. The van der Waals surface area contributed by atoms with E-state index in [9.17, 15) is 0 Å². The van der Waals surface area contributed by atoms with E-state index >= 15 is 0 Å². The molecule has 0 aliphatic carbocycles. The summed E-state index contributed by atoms with van der Waals surface area (Å²) in [7, 11) is 1.75. The Hall–Kier alpha value is -2.48. The highest BCUT2D eigenvalue weighted by molar-refractivity contribution is 5.46. The Balaban J connectivity index is 1.68. The van der Waals surface area contributed by atoms with Crippen LogP contribution in [0.1, 0.15) is 20.3 Å². The standard InChI is InChI=1S/C18H26N6O2/c1-13(2)11-26-18-17(20-6-7-21-18)22-9-14-8-15(25-3)10-24(14)16-4-5-19-12-23-16/h4-7,12-15H,8-11H2,1-3H3,(H,20,22)/t14-,15-/m1/s1. The van der Waals surface area contributed by atoms with Gasteiger partial charge in [0, 0.05) is 38.8 Å². The second-order valence-electron chi connectivity index (χ2n) is 6.76. The fourth-order valence-electron chi connectivity index (χ4n) is 2.98. The summed E-state index contributed by atoms with van der Waals surface area (Å²) in [6.07, 6.45) is 7.73. The summed E-state index contributed by atoms with van der Waals surface area (Å²) >= 11 is 0. The Morgan fingerprint density at radius 2 is 2.08 bits per heavy atom. The predicted molar refractivity (Wildman–Crippen MR) is 99.4 cm³/mol. The first-order valence-corrected chi connectivity index (χ1v) is 8.90. The molecule has 0 unspecified atom stereocenters. The highest BCUT2D eigenvalue weighted by Crippen LogP contribution is 2.26. The van der Waals surface area contributed by atoms with Crippen molar-refractivity contribution in [1.82, 2.24) is 19.9 Å². The molecule has 2 aromatic rings. The Morgan fingerprint density at radius 3 is 2.81 bits per heavy atom. The monoisotopic (exact) mass is 358 g/mol. The van der Waals surface area contributed by atoms with Gasteiger partial charge in [-0.05, 0) is 18.4 Å². The highest BCUT2D eigenvalue weighted by Gasteiger charge is 2.33. The lowest BCUT2D eigenvalue weighted by Crippen LogP contribution is -2.35. The number of nitrogens with zero attached hydrogens (tertiary/aromatic N) is 5. The van der Waals surface area contributed by atoms with Crippen LogP contribution in [0.15, 0.2) is 31.0 Å². The van der Waals surface area contributed by atoms with Gasteiger partial charge >= 0.3 is 0 Å². The van der Waals surface area contributed by atoms with E-state index < -0.39 is 0 Å². The predicted octanol–water partition coefficient (Wildman–Crippen LogP) is 2.01. The van der Waals surface area contributed by atoms with Crippen molar-refractivity contribution in [2.45, 2.75) is 32.4 Å². The van der Waals surface area contributed by atoms with Crippen LogP contribution >= 0.6 is 0 Å². The molecule has 0 radical (unpaired) electrons. The van der Waals surface area contributed by atoms with Crippen molar-refractivity contribution in [3.63, 3.8) is 0 Å². The average molecular weight is 358 g/mol. The van der Waals surface area contributed by atoms with E-state index in [4.69, 9.17) is 9.47 Å². The first-order valence-electron chi connectivity index (χ1n) is 8.90. The number of anilines is 2. The maximum absolute atomic E-state index is 5.77. The molecule has 1 saturated heterocycles. The molecule has 0 amide bonds. The van der Waals surface area contributed by atoms with Crippen molar-refractivity contribution in [1.29, 1.82) is 0 Å². The van der Waals surface area contributed by atoms with Gasteiger partial charge < -0.3 is 19.7 Å². The molecule has 3 heterocycles. The Labute approximate surface area is 154 Å². The Bertz CT molecular complexity index is 684. The second-order valence-corrected chi connectivity index (χ2v) is 6.76. The van der Waals surface area contributed by atoms with Gasteiger partial charge in [0.05, 0.1) is 18.8 Å². The lowest BCUT2D eigenvalue weighted by molar-refractivity contribution is 0.118. The first kappa shape index (κ1) is 18.3. The number of rotatable bonds is 8. The number of hydrogen-bond donors (Lipinski definition) is 1. The summed E-state index contributed by atoms with van der Waals surface area (Å²) in [5.74, 6) is 2.53. The molecule has 0 saturated carbocycles. The zero-order valence-electron chi connectivity index (χ0n) is 15.5. The zero-order valence-corrected chi connectivity index (χ0v) is 15.5. The maximum Gasteiger partial charge on any atom is 0.257 e. The molecule has 140 valence electrons. The molecule has 0 aromatic carbocycles. The third-order valence-electron chi connectivity index (χ3n) is 4.29. The van der Waals surface area contributed by atoms with Gasteiger partial charge in [0.2, 0.25) is 0 Å². The Morgan fingerprint density at radius 1 is 1.23 bits per heavy atom. The van der Waals surface area contributed by atoms with E-state index in [2.05, 4.69) is 44.0 Å². The minimum Gasteiger partial charge on any atom is -0.475 e. The Kier molecular flexibility index (Phi) is 6.17. The van der Waals surface area contributed by atoms with Gasteiger partial charge in [0.25, 0.3) is 5.88 Å².